The summed E-state index contributed by atoms with van der Waals surface area (Å²) in [6, 6.07) is 0. The van der Waals surface area contributed by atoms with E-state index in [1.807, 2.05) is 0 Å². The van der Waals surface area contributed by atoms with Crippen LogP contribution < -0.4 is 29.6 Å². The Bertz CT molecular complexity index is 19.3. The van der Waals surface area contributed by atoms with Crippen molar-refractivity contribution >= 4 is 0 Å². The molecule has 0 aromatic heterocycles. The van der Waals surface area contributed by atoms with Crippen LogP contribution in [-0.2, 0) is 0 Å². The van der Waals surface area contributed by atoms with Gasteiger partial charge in [0.2, 0.25) is 0 Å². The van der Waals surface area contributed by atoms with Crippen LogP contribution in [0.4, 0.5) is 0 Å². The average molecular weight is 178 g/mol. The number of rotatable bonds is 0. The number of aliphatic hydroxyl groups excluding tert-OH is 3. The van der Waals surface area contributed by atoms with Gasteiger partial charge in [-0.15, -0.1) is 0 Å². The molecule has 0 spiro atoms. The second-order valence-electron chi connectivity index (χ2n) is 0.949. The Balaban J connectivity index is -0.0000000150. The molecule has 0 aliphatic rings. The van der Waals surface area contributed by atoms with Crippen molar-refractivity contribution in [2.24, 2.45) is 0 Å². The van der Waals surface area contributed by atoms with Crippen LogP contribution in [0.2, 0.25) is 0 Å². The fourth-order valence-corrected chi connectivity index (χ4v) is 0. The van der Waals surface area contributed by atoms with Crippen LogP contribution in [-0.4, -0.2) is 40.6 Å². The first-order chi connectivity index (χ1) is 4.24. The van der Waals surface area contributed by atoms with Crippen molar-refractivity contribution in [1.29, 1.82) is 0 Å². The molecule has 0 saturated carbocycles. The zero-order valence-electron chi connectivity index (χ0n) is 7.91. The van der Waals surface area contributed by atoms with Gasteiger partial charge < -0.3 is 20.8 Å². The molecule has 0 rings (SSSR count). The summed E-state index contributed by atoms with van der Waals surface area (Å²) < 4.78 is 0. The quantitative estimate of drug-likeness (QED) is 0.341. The Morgan fingerprint density at radius 1 is 0.727 bits per heavy atom. The average Bonchev–Trinajstić information content (AvgIpc) is 1.70. The van der Waals surface area contributed by atoms with Crippen LogP contribution in [0.15, 0.2) is 0 Å². The van der Waals surface area contributed by atoms with E-state index in [0.29, 0.717) is 0 Å². The van der Waals surface area contributed by atoms with Gasteiger partial charge in [0.1, 0.15) is 0 Å². The molecular formula is C6H19NaO4. The summed E-state index contributed by atoms with van der Waals surface area (Å²) in [5.74, 6) is 0. The van der Waals surface area contributed by atoms with Crippen LogP contribution in [0.3, 0.4) is 0 Å². The van der Waals surface area contributed by atoms with Gasteiger partial charge in [0, 0.05) is 19.8 Å². The van der Waals surface area contributed by atoms with Crippen molar-refractivity contribution in [2.75, 3.05) is 19.8 Å². The van der Waals surface area contributed by atoms with Gasteiger partial charge in [-0.3, -0.25) is 0 Å². The number of hydrogen-bond acceptors (Lipinski definition) is 4. The Morgan fingerprint density at radius 2 is 0.727 bits per heavy atom. The van der Waals surface area contributed by atoms with Crippen LogP contribution in [0.5, 0.6) is 0 Å². The molecular weight excluding hydrogens is 159 g/mol. The summed E-state index contributed by atoms with van der Waals surface area (Å²) in [6.45, 7) is 5.79. The van der Waals surface area contributed by atoms with Crippen molar-refractivity contribution in [2.45, 2.75) is 20.8 Å². The monoisotopic (exact) mass is 178 g/mol. The molecule has 4 nitrogen and oxygen atoms in total. The maximum atomic E-state index is 7.57. The van der Waals surface area contributed by atoms with Crippen LogP contribution in [0.25, 0.3) is 0 Å². The third kappa shape index (κ3) is 1200. The molecule has 0 atom stereocenters. The first-order valence-electron chi connectivity index (χ1n) is 3.07. The molecule has 0 aliphatic heterocycles. The zero-order chi connectivity index (χ0) is 8.12. The molecule has 0 saturated heterocycles. The Kier molecular flexibility index (Phi) is 192. The van der Waals surface area contributed by atoms with E-state index in [2.05, 4.69) is 0 Å². The minimum Gasteiger partial charge on any atom is -0.870 e. The summed E-state index contributed by atoms with van der Waals surface area (Å²) in [5, 5.41) is 22.7. The van der Waals surface area contributed by atoms with Crippen LogP contribution in [0, 0.1) is 0 Å². The number of hydrogen-bond donors (Lipinski definition) is 3. The SMILES string of the molecule is CCO.CCO.CCO.[Na+].[OH-]. The maximum Gasteiger partial charge on any atom is 1.00 e. The third-order valence-corrected chi connectivity index (χ3v) is 0. The van der Waals surface area contributed by atoms with E-state index in [0.717, 1.165) is 0 Å². The van der Waals surface area contributed by atoms with E-state index in [-0.39, 0.29) is 54.9 Å². The number of aliphatic hydroxyl groups is 3. The largest absolute Gasteiger partial charge is 1.00 e. The van der Waals surface area contributed by atoms with E-state index in [1.165, 1.54) is 0 Å². The summed E-state index contributed by atoms with van der Waals surface area (Å²) in [7, 11) is 0. The molecule has 0 aromatic rings. The Labute approximate surface area is 90.9 Å². The summed E-state index contributed by atoms with van der Waals surface area (Å²) in [4.78, 5) is 0. The first kappa shape index (κ1) is 29.7. The predicted octanol–water partition coefficient (Wildman–Crippen LogP) is -3.18. The molecule has 5 heteroatoms. The van der Waals surface area contributed by atoms with Crippen molar-refractivity contribution < 1.29 is 50.4 Å². The van der Waals surface area contributed by atoms with Crippen LogP contribution >= 0.6 is 0 Å². The fourth-order valence-electron chi connectivity index (χ4n) is 0. The molecule has 0 aromatic carbocycles. The molecule has 0 radical (unpaired) electrons. The molecule has 0 aliphatic carbocycles. The second kappa shape index (κ2) is 71.2. The zero-order valence-corrected chi connectivity index (χ0v) is 9.91. The standard InChI is InChI=1S/3C2H6O.Na.H2O/c3*1-2-3;;/h3*3H,2H2,1H3;;1H2/q;;;+1;/p-1. The first-order valence-corrected chi connectivity index (χ1v) is 3.07. The Hall–Kier alpha value is 0.840. The van der Waals surface area contributed by atoms with E-state index < -0.39 is 0 Å². The molecule has 68 valence electrons. The maximum absolute atomic E-state index is 7.57. The summed E-state index contributed by atoms with van der Waals surface area (Å²) >= 11 is 0. The van der Waals surface area contributed by atoms with Crippen molar-refractivity contribution in [1.82, 2.24) is 0 Å². The summed E-state index contributed by atoms with van der Waals surface area (Å²) in [6.07, 6.45) is 0. The minimum absolute atomic E-state index is 0. The van der Waals surface area contributed by atoms with Gasteiger partial charge >= 0.3 is 29.6 Å². The normalized spacial score (nSPS) is 4.91. The van der Waals surface area contributed by atoms with Gasteiger partial charge in [-0.05, 0) is 20.8 Å². The van der Waals surface area contributed by atoms with Gasteiger partial charge in [-0.25, -0.2) is 0 Å². The molecule has 0 bridgehead atoms. The van der Waals surface area contributed by atoms with E-state index in [4.69, 9.17) is 15.3 Å². The molecule has 0 amide bonds. The Morgan fingerprint density at radius 3 is 0.727 bits per heavy atom. The van der Waals surface area contributed by atoms with E-state index in [9.17, 15) is 0 Å². The molecule has 0 unspecified atom stereocenters. The van der Waals surface area contributed by atoms with Gasteiger partial charge in [-0.1, -0.05) is 0 Å². The van der Waals surface area contributed by atoms with Gasteiger partial charge in [0.15, 0.2) is 0 Å². The van der Waals surface area contributed by atoms with Gasteiger partial charge in [0.05, 0.1) is 0 Å². The topological polar surface area (TPSA) is 90.7 Å². The molecule has 0 fully saturated rings. The van der Waals surface area contributed by atoms with E-state index in [1.54, 1.807) is 20.8 Å². The molecule has 0 heterocycles. The van der Waals surface area contributed by atoms with Gasteiger partial charge in [-0.2, -0.15) is 0 Å². The molecule has 4 N–H and O–H groups in total. The summed E-state index contributed by atoms with van der Waals surface area (Å²) in [5.41, 5.74) is 0. The van der Waals surface area contributed by atoms with Crippen molar-refractivity contribution in [3.8, 4) is 0 Å². The molecule has 11 heavy (non-hydrogen) atoms. The van der Waals surface area contributed by atoms with Crippen molar-refractivity contribution in [3.05, 3.63) is 0 Å². The smallest absolute Gasteiger partial charge is 0.870 e. The van der Waals surface area contributed by atoms with Crippen molar-refractivity contribution in [3.63, 3.8) is 0 Å². The second-order valence-corrected chi connectivity index (χ2v) is 0.949. The van der Waals surface area contributed by atoms with E-state index >= 15 is 0 Å². The van der Waals surface area contributed by atoms with Gasteiger partial charge in [0.25, 0.3) is 0 Å². The minimum atomic E-state index is 0. The predicted molar refractivity (Wildman–Crippen MR) is 40.2 cm³/mol. The third-order valence-electron chi connectivity index (χ3n) is 0. The fraction of sp³-hybridized carbons (Fsp3) is 1.00. The van der Waals surface area contributed by atoms with Crippen LogP contribution in [0.1, 0.15) is 20.8 Å².